The highest BCUT2D eigenvalue weighted by Gasteiger charge is 2.24. The van der Waals surface area contributed by atoms with Crippen LogP contribution in [-0.2, 0) is 0 Å². The van der Waals surface area contributed by atoms with Gasteiger partial charge in [-0.1, -0.05) is 117 Å². The van der Waals surface area contributed by atoms with Gasteiger partial charge in [0.15, 0.2) is 5.58 Å². The molecule has 0 saturated heterocycles. The van der Waals surface area contributed by atoms with Crippen LogP contribution in [0.4, 0.5) is 0 Å². The van der Waals surface area contributed by atoms with Gasteiger partial charge in [-0.05, 0) is 41.3 Å². The van der Waals surface area contributed by atoms with Crippen molar-refractivity contribution in [3.8, 4) is 16.8 Å². The number of aromatic nitrogens is 1. The van der Waals surface area contributed by atoms with Gasteiger partial charge >= 0.3 is 0 Å². The van der Waals surface area contributed by atoms with Crippen molar-refractivity contribution in [2.45, 2.75) is 32.5 Å². The zero-order chi connectivity index (χ0) is 28.9. The third kappa shape index (κ3) is 3.57. The van der Waals surface area contributed by atoms with Gasteiger partial charge in [-0.2, -0.15) is 0 Å². The van der Waals surface area contributed by atoms with Gasteiger partial charge in [0.1, 0.15) is 5.58 Å². The van der Waals surface area contributed by atoms with E-state index in [4.69, 9.17) is 4.42 Å². The lowest BCUT2D eigenvalue weighted by Gasteiger charge is -2.16. The number of furan rings is 1. The van der Waals surface area contributed by atoms with Crippen molar-refractivity contribution in [3.05, 3.63) is 108 Å². The van der Waals surface area contributed by atoms with Crippen molar-refractivity contribution >= 4 is 89.8 Å². The van der Waals surface area contributed by atoms with Gasteiger partial charge in [-0.15, -0.1) is 11.3 Å². The number of benzene rings is 5. The number of para-hydroxylation sites is 2. The Bertz CT molecular complexity index is 2540. The highest BCUT2D eigenvalue weighted by atomic mass is 32.1. The lowest BCUT2D eigenvalue weighted by atomic mass is 10.0. The van der Waals surface area contributed by atoms with E-state index < -0.39 is 8.07 Å². The summed E-state index contributed by atoms with van der Waals surface area (Å²) in [6, 6.07) is 35.6. The Balaban J connectivity index is 1.40. The van der Waals surface area contributed by atoms with Crippen LogP contribution in [0.5, 0.6) is 0 Å². The third-order valence-electron chi connectivity index (χ3n) is 9.16. The lowest BCUT2D eigenvalue weighted by Crippen LogP contribution is -2.37. The smallest absolute Gasteiger partial charge is 0.159 e. The maximum absolute atomic E-state index is 6.90. The average Bonchev–Trinajstić information content (AvgIpc) is 3.70. The van der Waals surface area contributed by atoms with E-state index in [9.17, 15) is 0 Å². The number of rotatable bonds is 3. The molecule has 0 amide bonds. The first-order valence-electron chi connectivity index (χ1n) is 15.2. The van der Waals surface area contributed by atoms with E-state index in [1.165, 1.54) is 68.7 Å². The minimum Gasteiger partial charge on any atom is -0.454 e. The summed E-state index contributed by atoms with van der Waals surface area (Å²) in [7, 11) is -1.60. The van der Waals surface area contributed by atoms with Gasteiger partial charge in [0.05, 0.1) is 19.3 Å². The predicted octanol–water partition coefficient (Wildman–Crippen LogP) is 9.46. The summed E-state index contributed by atoms with van der Waals surface area (Å²) in [5.74, 6) is 0. The first-order chi connectivity index (χ1) is 21.0. The first-order valence-corrected chi connectivity index (χ1v) is 19.5. The molecule has 0 spiro atoms. The zero-order valence-corrected chi connectivity index (χ0v) is 26.4. The second kappa shape index (κ2) is 9.06. The van der Waals surface area contributed by atoms with E-state index in [1.54, 1.807) is 0 Å². The van der Waals surface area contributed by atoms with Gasteiger partial charge in [0.2, 0.25) is 0 Å². The van der Waals surface area contributed by atoms with Crippen LogP contribution >= 0.6 is 11.3 Å². The number of thiophene rings is 1. The molecular weight excluding hydrogens is 559 g/mol. The van der Waals surface area contributed by atoms with E-state index in [-0.39, 0.29) is 0 Å². The van der Waals surface area contributed by atoms with Crippen LogP contribution in [-0.4, -0.2) is 12.6 Å². The van der Waals surface area contributed by atoms with Crippen LogP contribution in [0.25, 0.3) is 82.0 Å². The Morgan fingerprint density at radius 1 is 0.651 bits per heavy atom. The van der Waals surface area contributed by atoms with E-state index in [1.807, 2.05) is 11.3 Å². The highest BCUT2D eigenvalue weighted by molar-refractivity contribution is 7.27. The van der Waals surface area contributed by atoms with Crippen LogP contribution in [0.3, 0.4) is 0 Å². The fourth-order valence-corrected chi connectivity index (χ4v) is 10.1. The number of fused-ring (bicyclic) bond motifs is 10. The quantitative estimate of drug-likeness (QED) is 0.188. The highest BCUT2D eigenvalue weighted by Crippen LogP contribution is 2.43. The topological polar surface area (TPSA) is 18.1 Å². The summed E-state index contributed by atoms with van der Waals surface area (Å²) in [5, 5.41) is 10.5. The van der Waals surface area contributed by atoms with Gasteiger partial charge in [-0.25, -0.2) is 0 Å². The molecule has 8 aromatic rings. The Morgan fingerprint density at radius 3 is 2.21 bits per heavy atom. The fourth-order valence-electron chi connectivity index (χ4n) is 7.21. The van der Waals surface area contributed by atoms with E-state index in [0.29, 0.717) is 0 Å². The maximum Gasteiger partial charge on any atom is 0.159 e. The Labute approximate surface area is 254 Å². The van der Waals surface area contributed by atoms with Gasteiger partial charge in [0, 0.05) is 46.9 Å². The first kappa shape index (κ1) is 25.1. The Hall–Kier alpha value is -4.38. The van der Waals surface area contributed by atoms with E-state index in [0.717, 1.165) is 29.7 Å². The third-order valence-corrected chi connectivity index (χ3v) is 12.4. The van der Waals surface area contributed by atoms with Gasteiger partial charge in [-0.3, -0.25) is 0 Å². The molecule has 2 nitrogen and oxygen atoms in total. The summed E-state index contributed by atoms with van der Waals surface area (Å²) in [6.07, 6.45) is 7.00. The molecule has 1 aliphatic carbocycles. The summed E-state index contributed by atoms with van der Waals surface area (Å²) in [4.78, 5) is 0. The molecule has 208 valence electrons. The minimum atomic E-state index is -1.60. The van der Waals surface area contributed by atoms with Crippen LogP contribution in [0, 0.1) is 0 Å². The Morgan fingerprint density at radius 2 is 1.37 bits per heavy atom. The predicted molar refractivity (Wildman–Crippen MR) is 189 cm³/mol. The fraction of sp³-hybridized carbons (Fsp3) is 0.128. The second-order valence-corrected chi connectivity index (χ2v) is 18.9. The van der Waals surface area contributed by atoms with Crippen LogP contribution in [0.1, 0.15) is 12.8 Å². The molecule has 0 bridgehead atoms. The molecule has 1 aliphatic rings. The molecule has 0 saturated carbocycles. The van der Waals surface area contributed by atoms with Crippen molar-refractivity contribution in [2.75, 3.05) is 0 Å². The van der Waals surface area contributed by atoms with E-state index in [2.05, 4.69) is 133 Å². The minimum absolute atomic E-state index is 0.977. The van der Waals surface area contributed by atoms with Crippen molar-refractivity contribution in [3.63, 3.8) is 0 Å². The van der Waals surface area contributed by atoms with Crippen molar-refractivity contribution in [1.29, 1.82) is 0 Å². The van der Waals surface area contributed by atoms with Crippen molar-refractivity contribution in [2.24, 2.45) is 0 Å². The van der Waals surface area contributed by atoms with Crippen molar-refractivity contribution in [1.82, 2.24) is 4.57 Å². The molecule has 0 unspecified atom stereocenters. The lowest BCUT2D eigenvalue weighted by molar-refractivity contribution is 0.667. The summed E-state index contributed by atoms with van der Waals surface area (Å²) < 4.78 is 12.1. The molecule has 3 heterocycles. The molecule has 0 fully saturated rings. The molecule has 9 rings (SSSR count). The number of nitrogens with zero attached hydrogens (tertiary/aromatic N) is 1. The SMILES string of the molecule is C[Si](C)(C)c1cccc2c1oc1c(-n3c4c(c5c6sc7c(-c8ccccc8)cccc7c6ccc53)=CCCC=4)cccc12. The summed E-state index contributed by atoms with van der Waals surface area (Å²) >= 11 is 1.94. The van der Waals surface area contributed by atoms with Crippen molar-refractivity contribution < 1.29 is 4.42 Å². The standard InChI is InChI=1S/C39H31NOSSi/c1-43(2,3)34-21-11-17-27-26-16-10-20-33(36(26)41-37(27)34)40-31-19-8-7-14-30(31)35-32(40)23-22-29-28-18-9-15-25(38(28)42-39(29)35)24-12-5-4-6-13-24/h4-6,9-23H,7-8H2,1-3H3. The molecule has 0 atom stereocenters. The molecule has 0 aliphatic heterocycles. The zero-order valence-electron chi connectivity index (χ0n) is 24.6. The number of hydrogen-bond donors (Lipinski definition) is 0. The normalized spacial score (nSPS) is 13.7. The summed E-state index contributed by atoms with van der Waals surface area (Å²) in [6.45, 7) is 7.20. The molecule has 43 heavy (non-hydrogen) atoms. The monoisotopic (exact) mass is 589 g/mol. The second-order valence-electron chi connectivity index (χ2n) is 12.8. The molecule has 3 aromatic heterocycles. The molecule has 0 N–H and O–H groups in total. The van der Waals surface area contributed by atoms with Crippen LogP contribution in [0.2, 0.25) is 19.6 Å². The van der Waals surface area contributed by atoms with Gasteiger partial charge < -0.3 is 8.98 Å². The maximum atomic E-state index is 6.90. The molecule has 5 aromatic carbocycles. The van der Waals surface area contributed by atoms with Crippen LogP contribution in [0.15, 0.2) is 101 Å². The molecule has 0 radical (unpaired) electrons. The Kier molecular flexibility index (Phi) is 5.30. The molecule has 4 heteroatoms. The van der Waals surface area contributed by atoms with E-state index >= 15 is 0 Å². The number of hydrogen-bond acceptors (Lipinski definition) is 2. The summed E-state index contributed by atoms with van der Waals surface area (Å²) in [5.41, 5.74) is 6.98. The largest absolute Gasteiger partial charge is 0.454 e. The molecular formula is C39H31NOSSi. The van der Waals surface area contributed by atoms with Gasteiger partial charge in [0.25, 0.3) is 0 Å². The average molecular weight is 590 g/mol. The van der Waals surface area contributed by atoms with Crippen LogP contribution < -0.4 is 15.8 Å².